The summed E-state index contributed by atoms with van der Waals surface area (Å²) < 4.78 is 6.78. The summed E-state index contributed by atoms with van der Waals surface area (Å²) in [6.45, 7) is 3.81. The van der Waals surface area contributed by atoms with E-state index >= 15 is 0 Å². The molecule has 0 spiro atoms. The lowest BCUT2D eigenvalue weighted by atomic mass is 10.1. The molecule has 1 aliphatic rings. The van der Waals surface area contributed by atoms with Crippen molar-refractivity contribution in [3.05, 3.63) is 81.8 Å². The summed E-state index contributed by atoms with van der Waals surface area (Å²) in [4.78, 5) is 22.0. The fourth-order valence-corrected chi connectivity index (χ4v) is 3.21. The average Bonchev–Trinajstić information content (AvgIpc) is 2.68. The predicted octanol–water partition coefficient (Wildman–Crippen LogP) is 3.31. The minimum absolute atomic E-state index is 0.143. The first-order valence-corrected chi connectivity index (χ1v) is 8.97. The van der Waals surface area contributed by atoms with Crippen molar-refractivity contribution in [1.29, 1.82) is 0 Å². The molecule has 7 nitrogen and oxygen atoms in total. The summed E-state index contributed by atoms with van der Waals surface area (Å²) in [5.41, 5.74) is 3.36. The summed E-state index contributed by atoms with van der Waals surface area (Å²) in [6.07, 6.45) is -0.501. The first kappa shape index (κ1) is 17.8. The molecule has 1 atom stereocenters. The number of anilines is 2. The number of aromatic nitrogens is 2. The zero-order chi connectivity index (χ0) is 19.7. The quantitative estimate of drug-likeness (QED) is 0.734. The van der Waals surface area contributed by atoms with Gasteiger partial charge in [-0.05, 0) is 43.7 Å². The molecule has 2 aromatic carbocycles. The molecule has 2 N–H and O–H groups in total. The third-order valence-electron chi connectivity index (χ3n) is 4.63. The summed E-state index contributed by atoms with van der Waals surface area (Å²) in [5.74, 6) is 1.76. The van der Waals surface area contributed by atoms with Crippen molar-refractivity contribution >= 4 is 17.6 Å². The zero-order valence-corrected chi connectivity index (χ0v) is 15.9. The van der Waals surface area contributed by atoms with E-state index in [1.54, 1.807) is 18.6 Å². The second-order valence-corrected chi connectivity index (χ2v) is 6.62. The average molecular weight is 375 g/mol. The Bertz CT molecular complexity index is 1100. The number of methoxy groups -OCH3 is 1. The Morgan fingerprint density at radius 1 is 1.11 bits per heavy atom. The number of aryl methyl sites for hydroxylation is 2. The van der Waals surface area contributed by atoms with E-state index in [1.807, 2.05) is 55.5 Å². The number of rotatable bonds is 3. The highest BCUT2D eigenvalue weighted by molar-refractivity contribution is 6.03. The molecule has 2 heterocycles. The van der Waals surface area contributed by atoms with Crippen LogP contribution in [0.15, 0.2) is 64.4 Å². The molecule has 1 aliphatic heterocycles. The molecule has 0 bridgehead atoms. The third-order valence-corrected chi connectivity index (χ3v) is 4.63. The van der Waals surface area contributed by atoms with Gasteiger partial charge in [-0.2, -0.15) is 0 Å². The number of aliphatic imine (C=N–C) groups is 1. The van der Waals surface area contributed by atoms with Crippen LogP contribution in [0, 0.1) is 13.8 Å². The van der Waals surface area contributed by atoms with E-state index < -0.39 is 6.17 Å². The van der Waals surface area contributed by atoms with Crippen molar-refractivity contribution in [2.45, 2.75) is 20.0 Å². The van der Waals surface area contributed by atoms with Crippen LogP contribution in [0.2, 0.25) is 0 Å². The molecule has 3 aromatic rings. The second kappa shape index (κ2) is 7.19. The Labute approximate surface area is 162 Å². The van der Waals surface area contributed by atoms with E-state index in [0.29, 0.717) is 17.6 Å². The predicted molar refractivity (Wildman–Crippen MR) is 110 cm³/mol. The lowest BCUT2D eigenvalue weighted by molar-refractivity contribution is 0.415. The summed E-state index contributed by atoms with van der Waals surface area (Å²) in [7, 11) is 1.63. The molecule has 1 aromatic heterocycles. The van der Waals surface area contributed by atoms with Gasteiger partial charge in [0.25, 0.3) is 5.56 Å². The molecule has 0 saturated carbocycles. The number of nitrogens with one attached hydrogen (secondary N) is 2. The van der Waals surface area contributed by atoms with E-state index in [2.05, 4.69) is 15.6 Å². The maximum Gasteiger partial charge on any atom is 0.257 e. The molecule has 0 aliphatic carbocycles. The van der Waals surface area contributed by atoms with Crippen LogP contribution in [0.25, 0.3) is 0 Å². The summed E-state index contributed by atoms with van der Waals surface area (Å²) >= 11 is 0. The van der Waals surface area contributed by atoms with E-state index in [0.717, 1.165) is 22.6 Å². The molecule has 4 rings (SSSR count). The lowest BCUT2D eigenvalue weighted by Crippen LogP contribution is -2.37. The van der Waals surface area contributed by atoms with Crippen LogP contribution in [0.4, 0.5) is 11.6 Å². The molecule has 0 radical (unpaired) electrons. The monoisotopic (exact) mass is 375 g/mol. The molecule has 142 valence electrons. The van der Waals surface area contributed by atoms with Crippen LogP contribution in [0.3, 0.4) is 0 Å². The standard InChI is InChI=1S/C21H21N5O2/c1-13-6-4-5-7-17(13)19-24-20(23-15-8-10-16(28-3)11-9-15)25-21-22-14(2)12-18(27)26(19)21/h4-12,19H,1-3H3,(H2,22,23,24,25). The van der Waals surface area contributed by atoms with Gasteiger partial charge >= 0.3 is 0 Å². The van der Waals surface area contributed by atoms with Crippen LogP contribution in [0.1, 0.15) is 23.0 Å². The fourth-order valence-electron chi connectivity index (χ4n) is 3.21. The number of hydrogen-bond acceptors (Lipinski definition) is 6. The van der Waals surface area contributed by atoms with Gasteiger partial charge in [0.05, 0.1) is 7.11 Å². The Morgan fingerprint density at radius 3 is 2.57 bits per heavy atom. The zero-order valence-electron chi connectivity index (χ0n) is 15.9. The van der Waals surface area contributed by atoms with Crippen LogP contribution in [-0.2, 0) is 0 Å². The summed E-state index contributed by atoms with van der Waals surface area (Å²) in [6, 6.07) is 17.0. The van der Waals surface area contributed by atoms with Crippen LogP contribution in [-0.4, -0.2) is 22.6 Å². The normalized spacial score (nSPS) is 15.2. The molecule has 0 amide bonds. The SMILES string of the molecule is COc1ccc(NC2=NC(c3ccccc3C)n3c(nc(C)cc3=O)N2)cc1. The van der Waals surface area contributed by atoms with Crippen molar-refractivity contribution < 1.29 is 4.74 Å². The van der Waals surface area contributed by atoms with Crippen molar-refractivity contribution in [3.8, 4) is 5.75 Å². The van der Waals surface area contributed by atoms with E-state index in [4.69, 9.17) is 9.73 Å². The van der Waals surface area contributed by atoms with Crippen LogP contribution in [0.5, 0.6) is 5.75 Å². The molecule has 1 unspecified atom stereocenters. The highest BCUT2D eigenvalue weighted by Gasteiger charge is 2.26. The van der Waals surface area contributed by atoms with Crippen LogP contribution < -0.4 is 20.9 Å². The highest BCUT2D eigenvalue weighted by atomic mass is 16.5. The maximum atomic E-state index is 12.7. The Morgan fingerprint density at radius 2 is 1.86 bits per heavy atom. The molecule has 7 heteroatoms. The fraction of sp³-hybridized carbons (Fsp3) is 0.190. The highest BCUT2D eigenvalue weighted by Crippen LogP contribution is 2.28. The van der Waals surface area contributed by atoms with Gasteiger partial charge < -0.3 is 10.1 Å². The third kappa shape index (κ3) is 3.34. The van der Waals surface area contributed by atoms with Crippen molar-refractivity contribution in [2.24, 2.45) is 4.99 Å². The minimum Gasteiger partial charge on any atom is -0.497 e. The van der Waals surface area contributed by atoms with Gasteiger partial charge in [0.15, 0.2) is 6.17 Å². The van der Waals surface area contributed by atoms with E-state index in [-0.39, 0.29) is 5.56 Å². The minimum atomic E-state index is -0.501. The number of nitrogens with zero attached hydrogens (tertiary/aromatic N) is 3. The van der Waals surface area contributed by atoms with E-state index in [1.165, 1.54) is 6.07 Å². The van der Waals surface area contributed by atoms with Crippen LogP contribution >= 0.6 is 0 Å². The topological polar surface area (TPSA) is 80.5 Å². The van der Waals surface area contributed by atoms with Gasteiger partial charge in [-0.3, -0.25) is 14.7 Å². The van der Waals surface area contributed by atoms with E-state index in [9.17, 15) is 4.79 Å². The Hall–Kier alpha value is -3.61. The van der Waals surface area contributed by atoms with Gasteiger partial charge in [0.2, 0.25) is 11.9 Å². The van der Waals surface area contributed by atoms with Crippen molar-refractivity contribution in [3.63, 3.8) is 0 Å². The first-order valence-electron chi connectivity index (χ1n) is 8.97. The van der Waals surface area contributed by atoms with Crippen molar-refractivity contribution in [1.82, 2.24) is 9.55 Å². The van der Waals surface area contributed by atoms with Gasteiger partial charge in [0.1, 0.15) is 5.75 Å². The molecular weight excluding hydrogens is 354 g/mol. The second-order valence-electron chi connectivity index (χ2n) is 6.62. The number of fused-ring (bicyclic) bond motifs is 1. The maximum absolute atomic E-state index is 12.7. The Balaban J connectivity index is 1.78. The number of hydrogen-bond donors (Lipinski definition) is 2. The largest absolute Gasteiger partial charge is 0.497 e. The number of benzene rings is 2. The molecule has 0 saturated heterocycles. The first-order chi connectivity index (χ1) is 13.5. The molecule has 28 heavy (non-hydrogen) atoms. The van der Waals surface area contributed by atoms with Gasteiger partial charge in [-0.25, -0.2) is 9.98 Å². The van der Waals surface area contributed by atoms with Gasteiger partial charge in [0, 0.05) is 23.0 Å². The lowest BCUT2D eigenvalue weighted by Gasteiger charge is -2.27. The summed E-state index contributed by atoms with van der Waals surface area (Å²) in [5, 5.41) is 6.39. The number of guanidine groups is 1. The van der Waals surface area contributed by atoms with Gasteiger partial charge in [-0.15, -0.1) is 0 Å². The number of ether oxygens (including phenoxy) is 1. The molecule has 0 fully saturated rings. The Kier molecular flexibility index (Phi) is 4.57. The van der Waals surface area contributed by atoms with Crippen molar-refractivity contribution in [2.75, 3.05) is 17.7 Å². The van der Waals surface area contributed by atoms with Gasteiger partial charge in [-0.1, -0.05) is 24.3 Å². The smallest absolute Gasteiger partial charge is 0.257 e. The molecular formula is C21H21N5O2.